The molecule has 0 aromatic carbocycles. The maximum absolute atomic E-state index is 5.65. The van der Waals surface area contributed by atoms with Gasteiger partial charge in [0.2, 0.25) is 0 Å². The zero-order valence-corrected chi connectivity index (χ0v) is 11.8. The first-order chi connectivity index (χ1) is 8.22. The van der Waals surface area contributed by atoms with Gasteiger partial charge in [-0.3, -0.25) is 0 Å². The van der Waals surface area contributed by atoms with E-state index in [2.05, 4.69) is 31.5 Å². The maximum Gasteiger partial charge on any atom is 0.117 e. The first-order valence-corrected chi connectivity index (χ1v) is 7.50. The Bertz CT molecular complexity index is 299. The van der Waals surface area contributed by atoms with Gasteiger partial charge in [-0.05, 0) is 45.2 Å². The van der Waals surface area contributed by atoms with Crippen molar-refractivity contribution < 1.29 is 9.15 Å². The van der Waals surface area contributed by atoms with E-state index in [9.17, 15) is 0 Å². The largest absolute Gasteiger partial charge is 0.464 e. The second-order valence-electron chi connectivity index (χ2n) is 4.25. The van der Waals surface area contributed by atoms with Crippen molar-refractivity contribution >= 4 is 11.8 Å². The van der Waals surface area contributed by atoms with Gasteiger partial charge in [-0.15, -0.1) is 0 Å². The van der Waals surface area contributed by atoms with Crippen LogP contribution in [0.5, 0.6) is 0 Å². The van der Waals surface area contributed by atoms with Crippen LogP contribution in [0.3, 0.4) is 0 Å². The lowest BCUT2D eigenvalue weighted by atomic mass is 10.4. The number of furan rings is 1. The Morgan fingerprint density at radius 1 is 1.35 bits per heavy atom. The van der Waals surface area contributed by atoms with Crippen LogP contribution in [0.15, 0.2) is 16.5 Å². The molecule has 1 rings (SSSR count). The summed E-state index contributed by atoms with van der Waals surface area (Å²) >= 11 is 1.77. The van der Waals surface area contributed by atoms with E-state index < -0.39 is 0 Å². The molecule has 1 aromatic heterocycles. The van der Waals surface area contributed by atoms with Crippen LogP contribution >= 0.6 is 11.8 Å². The van der Waals surface area contributed by atoms with E-state index in [0.717, 1.165) is 43.4 Å². The van der Waals surface area contributed by atoms with Crippen LogP contribution in [-0.2, 0) is 17.0 Å². The van der Waals surface area contributed by atoms with Crippen molar-refractivity contribution in [1.29, 1.82) is 0 Å². The van der Waals surface area contributed by atoms with Gasteiger partial charge < -0.3 is 14.5 Å². The van der Waals surface area contributed by atoms with Crippen molar-refractivity contribution in [2.24, 2.45) is 0 Å². The molecular formula is C13H23NO2S. The first-order valence-electron chi connectivity index (χ1n) is 6.11. The molecule has 98 valence electrons. The zero-order valence-electron chi connectivity index (χ0n) is 11.0. The zero-order chi connectivity index (χ0) is 12.5. The Kier molecular flexibility index (Phi) is 7.40. The van der Waals surface area contributed by atoms with Gasteiger partial charge in [0.1, 0.15) is 11.5 Å². The summed E-state index contributed by atoms with van der Waals surface area (Å²) in [6.45, 7) is 6.70. The van der Waals surface area contributed by atoms with E-state index in [4.69, 9.17) is 9.15 Å². The van der Waals surface area contributed by atoms with E-state index in [1.54, 1.807) is 11.8 Å². The van der Waals surface area contributed by atoms with Crippen molar-refractivity contribution in [2.45, 2.75) is 38.7 Å². The molecule has 0 saturated heterocycles. The molecule has 1 heterocycles. The minimum absolute atomic E-state index is 0.328. The number of nitrogens with one attached hydrogen (secondary N) is 1. The van der Waals surface area contributed by atoms with Gasteiger partial charge in [0, 0.05) is 6.61 Å². The standard InChI is InChI=1S/C13H23NO2S/c1-11(2)15-8-4-7-14-9-12-5-6-13(16-12)10-17-3/h5-6,11,14H,4,7-10H2,1-3H3. The van der Waals surface area contributed by atoms with Gasteiger partial charge >= 0.3 is 0 Å². The van der Waals surface area contributed by atoms with Gasteiger partial charge in [-0.25, -0.2) is 0 Å². The average molecular weight is 257 g/mol. The summed E-state index contributed by atoms with van der Waals surface area (Å²) in [5, 5.41) is 3.35. The molecule has 17 heavy (non-hydrogen) atoms. The van der Waals surface area contributed by atoms with Crippen LogP contribution in [0.2, 0.25) is 0 Å². The number of hydrogen-bond donors (Lipinski definition) is 1. The van der Waals surface area contributed by atoms with Crippen molar-refractivity contribution in [3.8, 4) is 0 Å². The fraction of sp³-hybridized carbons (Fsp3) is 0.692. The maximum atomic E-state index is 5.65. The van der Waals surface area contributed by atoms with Crippen LogP contribution in [0.25, 0.3) is 0 Å². The van der Waals surface area contributed by atoms with E-state index in [0.29, 0.717) is 6.10 Å². The highest BCUT2D eigenvalue weighted by Gasteiger charge is 2.00. The predicted molar refractivity (Wildman–Crippen MR) is 73.3 cm³/mol. The highest BCUT2D eigenvalue weighted by molar-refractivity contribution is 7.97. The SMILES string of the molecule is CSCc1ccc(CNCCCOC(C)C)o1. The van der Waals surface area contributed by atoms with Crippen LogP contribution < -0.4 is 5.32 Å². The molecule has 1 aromatic rings. The Morgan fingerprint density at radius 2 is 2.12 bits per heavy atom. The highest BCUT2D eigenvalue weighted by atomic mass is 32.2. The summed E-state index contributed by atoms with van der Waals surface area (Å²) in [6.07, 6.45) is 3.44. The smallest absolute Gasteiger partial charge is 0.117 e. The van der Waals surface area contributed by atoms with Crippen molar-refractivity contribution in [3.05, 3.63) is 23.7 Å². The minimum Gasteiger partial charge on any atom is -0.464 e. The molecule has 3 nitrogen and oxygen atoms in total. The van der Waals surface area contributed by atoms with Gasteiger partial charge in [-0.2, -0.15) is 11.8 Å². The van der Waals surface area contributed by atoms with E-state index >= 15 is 0 Å². The van der Waals surface area contributed by atoms with Crippen molar-refractivity contribution in [2.75, 3.05) is 19.4 Å². The fourth-order valence-corrected chi connectivity index (χ4v) is 1.90. The van der Waals surface area contributed by atoms with Gasteiger partial charge in [0.15, 0.2) is 0 Å². The Hall–Kier alpha value is -0.450. The Labute approximate surface area is 108 Å². The second kappa shape index (κ2) is 8.61. The predicted octanol–water partition coefficient (Wildman–Crippen LogP) is 3.05. The molecule has 0 aliphatic heterocycles. The third kappa shape index (κ3) is 6.76. The summed E-state index contributed by atoms with van der Waals surface area (Å²) in [5.74, 6) is 3.01. The molecule has 0 aliphatic carbocycles. The monoisotopic (exact) mass is 257 g/mol. The first kappa shape index (κ1) is 14.6. The average Bonchev–Trinajstić information content (AvgIpc) is 2.71. The van der Waals surface area contributed by atoms with Crippen molar-refractivity contribution in [1.82, 2.24) is 5.32 Å². The molecule has 0 amide bonds. The highest BCUT2D eigenvalue weighted by Crippen LogP contribution is 2.13. The van der Waals surface area contributed by atoms with Gasteiger partial charge in [0.05, 0.1) is 18.4 Å². The molecule has 4 heteroatoms. The van der Waals surface area contributed by atoms with E-state index in [1.807, 2.05) is 6.07 Å². The number of rotatable bonds is 9. The lowest BCUT2D eigenvalue weighted by molar-refractivity contribution is 0.0770. The molecule has 1 N–H and O–H groups in total. The lowest BCUT2D eigenvalue weighted by Crippen LogP contribution is -2.17. The normalized spacial score (nSPS) is 11.3. The number of thioether (sulfide) groups is 1. The fourth-order valence-electron chi connectivity index (χ4n) is 1.46. The topological polar surface area (TPSA) is 34.4 Å². The Balaban J connectivity index is 2.05. The van der Waals surface area contributed by atoms with Crippen molar-refractivity contribution in [3.63, 3.8) is 0 Å². The molecule has 0 unspecified atom stereocenters. The molecule has 0 bridgehead atoms. The molecule has 0 fully saturated rings. The summed E-state index contributed by atoms with van der Waals surface area (Å²) in [7, 11) is 0. The molecule has 0 saturated carbocycles. The second-order valence-corrected chi connectivity index (χ2v) is 5.12. The lowest BCUT2D eigenvalue weighted by Gasteiger charge is -2.07. The quantitative estimate of drug-likeness (QED) is 0.690. The third-order valence-electron chi connectivity index (χ3n) is 2.25. The molecular weight excluding hydrogens is 234 g/mol. The minimum atomic E-state index is 0.328. The molecule has 0 aliphatic rings. The molecule has 0 atom stereocenters. The number of hydrogen-bond acceptors (Lipinski definition) is 4. The Morgan fingerprint density at radius 3 is 2.82 bits per heavy atom. The van der Waals surface area contributed by atoms with Crippen LogP contribution in [0.1, 0.15) is 31.8 Å². The molecule has 0 spiro atoms. The summed E-state index contributed by atoms with van der Waals surface area (Å²) < 4.78 is 11.1. The van der Waals surface area contributed by atoms with Gasteiger partial charge in [-0.1, -0.05) is 0 Å². The third-order valence-corrected chi connectivity index (χ3v) is 2.83. The van der Waals surface area contributed by atoms with Crippen LogP contribution in [-0.4, -0.2) is 25.5 Å². The van der Waals surface area contributed by atoms with E-state index in [1.165, 1.54) is 0 Å². The summed E-state index contributed by atoms with van der Waals surface area (Å²) in [5.41, 5.74) is 0. The van der Waals surface area contributed by atoms with E-state index in [-0.39, 0.29) is 0 Å². The summed E-state index contributed by atoms with van der Waals surface area (Å²) in [6, 6.07) is 4.10. The summed E-state index contributed by atoms with van der Waals surface area (Å²) in [4.78, 5) is 0. The van der Waals surface area contributed by atoms with Gasteiger partial charge in [0.25, 0.3) is 0 Å². The van der Waals surface area contributed by atoms with Crippen LogP contribution in [0.4, 0.5) is 0 Å². The molecule has 0 radical (unpaired) electrons. The van der Waals surface area contributed by atoms with Crippen LogP contribution in [0, 0.1) is 0 Å². The number of ether oxygens (including phenoxy) is 1.